The summed E-state index contributed by atoms with van der Waals surface area (Å²) >= 11 is 11.7. The predicted molar refractivity (Wildman–Crippen MR) is 118 cm³/mol. The molecule has 2 heterocycles. The minimum absolute atomic E-state index is 0.00635. The van der Waals surface area contributed by atoms with Gasteiger partial charge in [-0.1, -0.05) is 23.2 Å². The van der Waals surface area contributed by atoms with Gasteiger partial charge in [-0.15, -0.1) is 5.10 Å². The average Bonchev–Trinajstić information content (AvgIpc) is 3.54. The van der Waals surface area contributed by atoms with Crippen molar-refractivity contribution in [2.75, 3.05) is 5.32 Å². The molecule has 178 valence electrons. The lowest BCUT2D eigenvalue weighted by molar-refractivity contribution is -0.137. The molecule has 0 saturated heterocycles. The average molecular weight is 513 g/mol. The Bertz CT molecular complexity index is 1240. The van der Waals surface area contributed by atoms with Crippen molar-refractivity contribution in [3.63, 3.8) is 0 Å². The van der Waals surface area contributed by atoms with Crippen molar-refractivity contribution >= 4 is 41.0 Å². The van der Waals surface area contributed by atoms with Crippen LogP contribution in [0.25, 0.3) is 5.82 Å². The van der Waals surface area contributed by atoms with Crippen LogP contribution in [0.3, 0.4) is 0 Å². The van der Waals surface area contributed by atoms with Crippen LogP contribution in [-0.2, 0) is 11.0 Å². The van der Waals surface area contributed by atoms with E-state index in [0.717, 1.165) is 25.0 Å². The first-order valence-electron chi connectivity index (χ1n) is 10.1. The summed E-state index contributed by atoms with van der Waals surface area (Å²) < 4.78 is 40.6. The molecule has 2 N–H and O–H groups in total. The molecule has 8 nitrogen and oxygen atoms in total. The lowest BCUT2D eigenvalue weighted by Gasteiger charge is -2.15. The van der Waals surface area contributed by atoms with E-state index in [2.05, 4.69) is 25.7 Å². The Labute approximate surface area is 201 Å². The van der Waals surface area contributed by atoms with Crippen molar-refractivity contribution in [3.05, 3.63) is 63.5 Å². The number of nitrogens with one attached hydrogen (secondary N) is 2. The molecule has 2 amide bonds. The van der Waals surface area contributed by atoms with Gasteiger partial charge < -0.3 is 5.32 Å². The second kappa shape index (κ2) is 9.22. The molecule has 1 fully saturated rings. The molecule has 0 bridgehead atoms. The number of nitrogens with zero attached hydrogens (tertiary/aromatic N) is 4. The molecule has 1 aromatic carbocycles. The van der Waals surface area contributed by atoms with Crippen molar-refractivity contribution in [1.82, 2.24) is 25.1 Å². The second-order valence-electron chi connectivity index (χ2n) is 7.73. The molecule has 1 atom stereocenters. The molecule has 0 radical (unpaired) electrons. The molecule has 1 unspecified atom stereocenters. The minimum atomic E-state index is -4.67. The molecule has 1 aliphatic rings. The van der Waals surface area contributed by atoms with Crippen LogP contribution in [0.1, 0.15) is 47.6 Å². The fraction of sp³-hybridized carbons (Fsp3) is 0.286. The smallest absolute Gasteiger partial charge is 0.342 e. The Morgan fingerprint density at radius 3 is 2.50 bits per heavy atom. The molecule has 0 aliphatic heterocycles. The van der Waals surface area contributed by atoms with E-state index in [4.69, 9.17) is 23.2 Å². The summed E-state index contributed by atoms with van der Waals surface area (Å²) in [6.07, 6.45) is -1.71. The van der Waals surface area contributed by atoms with Crippen molar-refractivity contribution in [3.8, 4) is 5.82 Å². The first kappa shape index (κ1) is 24.0. The summed E-state index contributed by atoms with van der Waals surface area (Å²) in [5, 5.41) is 9.64. The van der Waals surface area contributed by atoms with Gasteiger partial charge in [0.25, 0.3) is 5.91 Å². The van der Waals surface area contributed by atoms with Crippen LogP contribution < -0.4 is 10.6 Å². The van der Waals surface area contributed by atoms with Crippen molar-refractivity contribution in [2.24, 2.45) is 5.92 Å². The molecule has 4 rings (SSSR count). The highest BCUT2D eigenvalue weighted by atomic mass is 35.5. The SMILES string of the molecule is CC(NC(=O)c1cc(Cl)cc(C(F)(F)F)c1)c1nc(NC(=O)C2CC2)nn1-c1ccc(Cl)cn1. The van der Waals surface area contributed by atoms with Gasteiger partial charge in [0.15, 0.2) is 11.6 Å². The third-order valence-corrected chi connectivity index (χ3v) is 5.41. The highest BCUT2D eigenvalue weighted by Crippen LogP contribution is 2.32. The number of benzene rings is 1. The van der Waals surface area contributed by atoms with E-state index in [0.29, 0.717) is 16.9 Å². The normalized spacial score (nSPS) is 14.5. The van der Waals surface area contributed by atoms with Gasteiger partial charge in [0.2, 0.25) is 11.9 Å². The maximum absolute atomic E-state index is 13.1. The lowest BCUT2D eigenvalue weighted by atomic mass is 10.1. The number of hydrogen-bond acceptors (Lipinski definition) is 5. The van der Waals surface area contributed by atoms with E-state index in [-0.39, 0.29) is 34.2 Å². The number of carbonyl (C=O) groups excluding carboxylic acids is 2. The Morgan fingerprint density at radius 1 is 1.15 bits per heavy atom. The van der Waals surface area contributed by atoms with E-state index in [1.54, 1.807) is 19.1 Å². The minimum Gasteiger partial charge on any atom is -0.342 e. The molecule has 1 aliphatic carbocycles. The number of anilines is 1. The maximum atomic E-state index is 13.1. The number of carbonyl (C=O) groups is 2. The zero-order chi connectivity index (χ0) is 24.6. The Kier molecular flexibility index (Phi) is 6.50. The predicted octanol–water partition coefficient (Wildman–Crippen LogP) is 4.83. The van der Waals surface area contributed by atoms with E-state index in [9.17, 15) is 22.8 Å². The van der Waals surface area contributed by atoms with Crippen LogP contribution in [-0.4, -0.2) is 31.6 Å². The number of rotatable bonds is 6. The zero-order valence-electron chi connectivity index (χ0n) is 17.5. The van der Waals surface area contributed by atoms with Crippen LogP contribution in [0.2, 0.25) is 10.0 Å². The van der Waals surface area contributed by atoms with E-state index < -0.39 is 23.7 Å². The number of amides is 2. The van der Waals surface area contributed by atoms with E-state index >= 15 is 0 Å². The summed E-state index contributed by atoms with van der Waals surface area (Å²) in [6, 6.07) is 4.88. The Morgan fingerprint density at radius 2 is 1.88 bits per heavy atom. The highest BCUT2D eigenvalue weighted by molar-refractivity contribution is 6.31. The Balaban J connectivity index is 1.62. The number of hydrogen-bond donors (Lipinski definition) is 2. The first-order chi connectivity index (χ1) is 16.0. The summed E-state index contributed by atoms with van der Waals surface area (Å²) in [4.78, 5) is 33.4. The van der Waals surface area contributed by atoms with Gasteiger partial charge >= 0.3 is 6.18 Å². The summed E-state index contributed by atoms with van der Waals surface area (Å²) in [5.74, 6) is -0.612. The van der Waals surface area contributed by atoms with E-state index in [1.807, 2.05) is 0 Å². The first-order valence-corrected chi connectivity index (χ1v) is 10.9. The van der Waals surface area contributed by atoms with E-state index in [1.165, 1.54) is 10.9 Å². The third-order valence-electron chi connectivity index (χ3n) is 4.97. The summed E-state index contributed by atoms with van der Waals surface area (Å²) in [7, 11) is 0. The van der Waals surface area contributed by atoms with Crippen LogP contribution in [0.15, 0.2) is 36.5 Å². The second-order valence-corrected chi connectivity index (χ2v) is 8.60. The summed E-state index contributed by atoms with van der Waals surface area (Å²) in [5.41, 5.74) is -1.32. The van der Waals surface area contributed by atoms with Crippen LogP contribution >= 0.6 is 23.2 Å². The fourth-order valence-corrected chi connectivity index (χ4v) is 3.45. The van der Waals surface area contributed by atoms with Crippen LogP contribution in [0, 0.1) is 5.92 Å². The quantitative estimate of drug-likeness (QED) is 0.492. The number of pyridine rings is 1. The maximum Gasteiger partial charge on any atom is 0.416 e. The topological polar surface area (TPSA) is 102 Å². The van der Waals surface area contributed by atoms with Crippen LogP contribution in [0.5, 0.6) is 0 Å². The van der Waals surface area contributed by atoms with Gasteiger partial charge in [-0.2, -0.15) is 22.8 Å². The van der Waals surface area contributed by atoms with Gasteiger partial charge in [-0.3, -0.25) is 14.9 Å². The summed E-state index contributed by atoms with van der Waals surface area (Å²) in [6.45, 7) is 1.57. The largest absolute Gasteiger partial charge is 0.416 e. The fourth-order valence-electron chi connectivity index (χ4n) is 3.11. The lowest BCUT2D eigenvalue weighted by Crippen LogP contribution is -2.29. The van der Waals surface area contributed by atoms with Gasteiger partial charge in [0, 0.05) is 22.7 Å². The number of aromatic nitrogens is 4. The molecule has 1 saturated carbocycles. The molecule has 0 spiro atoms. The van der Waals surface area contributed by atoms with Crippen molar-refractivity contribution in [2.45, 2.75) is 32.0 Å². The number of alkyl halides is 3. The van der Waals surface area contributed by atoms with Crippen LogP contribution in [0.4, 0.5) is 19.1 Å². The molecular formula is C21H17Cl2F3N6O2. The molecular weight excluding hydrogens is 496 g/mol. The van der Waals surface area contributed by atoms with Gasteiger partial charge in [0.1, 0.15) is 0 Å². The van der Waals surface area contributed by atoms with Crippen molar-refractivity contribution < 1.29 is 22.8 Å². The molecule has 34 heavy (non-hydrogen) atoms. The van der Waals surface area contributed by atoms with Gasteiger partial charge in [-0.25, -0.2) is 4.98 Å². The van der Waals surface area contributed by atoms with Gasteiger partial charge in [-0.05, 0) is 50.1 Å². The monoisotopic (exact) mass is 512 g/mol. The highest BCUT2D eigenvalue weighted by Gasteiger charge is 2.33. The standard InChI is InChI=1S/C21H17Cl2F3N6O2/c1-10(28-19(34)12-6-13(21(24,25)26)8-15(23)7-12)17-29-20(30-18(33)11-2-3-11)31-32(17)16-5-4-14(22)9-27-16/h4-11H,2-3H2,1H3,(H,28,34)(H,30,31,33). The van der Waals surface area contributed by atoms with Crippen molar-refractivity contribution in [1.29, 1.82) is 0 Å². The molecule has 3 aromatic rings. The number of halogens is 5. The van der Waals surface area contributed by atoms with Gasteiger partial charge in [0.05, 0.1) is 16.6 Å². The Hall–Kier alpha value is -3.18. The zero-order valence-corrected chi connectivity index (χ0v) is 19.0. The third kappa shape index (κ3) is 5.48. The molecule has 2 aromatic heterocycles. The molecule has 13 heteroatoms.